The molecule has 2 saturated heterocycles. The van der Waals surface area contributed by atoms with E-state index in [1.54, 1.807) is 33.0 Å². The molecule has 0 radical (unpaired) electrons. The summed E-state index contributed by atoms with van der Waals surface area (Å²) in [5.74, 6) is 0.646. The third-order valence-corrected chi connectivity index (χ3v) is 10.4. The minimum absolute atomic E-state index is 0.130. The highest BCUT2D eigenvalue weighted by Crippen LogP contribution is 2.34. The van der Waals surface area contributed by atoms with Gasteiger partial charge in [-0.15, -0.1) is 0 Å². The highest BCUT2D eigenvalue weighted by atomic mass is 16.5. The number of methoxy groups -OCH3 is 2. The van der Waals surface area contributed by atoms with Crippen molar-refractivity contribution < 1.29 is 28.7 Å². The fourth-order valence-corrected chi connectivity index (χ4v) is 7.35. The van der Waals surface area contributed by atoms with Gasteiger partial charge in [0.15, 0.2) is 0 Å². The van der Waals surface area contributed by atoms with Gasteiger partial charge in [-0.3, -0.25) is 19.0 Å². The van der Waals surface area contributed by atoms with E-state index in [-0.39, 0.29) is 41.3 Å². The molecule has 4 amide bonds. The molecule has 2 aliphatic heterocycles. The Balaban J connectivity index is 1.13. The molecule has 5 heterocycles. The molecule has 4 aromatic rings. The zero-order valence-corrected chi connectivity index (χ0v) is 32.0. The third kappa shape index (κ3) is 8.27. The van der Waals surface area contributed by atoms with Crippen molar-refractivity contribution in [2.75, 3.05) is 27.3 Å². The third-order valence-electron chi connectivity index (χ3n) is 10.4. The average molecular weight is 756 g/mol. The van der Waals surface area contributed by atoms with E-state index in [2.05, 4.69) is 30.6 Å². The zero-order valence-electron chi connectivity index (χ0n) is 32.0. The fraction of sp³-hybridized carbons (Fsp3) is 0.462. The first-order chi connectivity index (χ1) is 26.4. The summed E-state index contributed by atoms with van der Waals surface area (Å²) < 4.78 is 11.0. The van der Waals surface area contributed by atoms with Gasteiger partial charge in [-0.2, -0.15) is 0 Å². The number of hydrogen-bond donors (Lipinski definition) is 4. The standard InChI is InChI=1S/C39H49N9O7/c1-22(2)32(44-38(52)54-5)36(50)47-16-7-9-29(47)34-40-20-27(42-34)24-11-13-26(14-12-24)46-18-15-25(19-31(46)49)28-21-41-35(43-28)30-10-8-17-48(30)37(51)33(23(3)4)45-39(53)55-6/h11-15,18-23,29-30,32-33H,7-10,16-17H2,1-6H3,(H,40,42)(H,41,43)(H,44,52)(H,45,53)/t29-,30-,32?,33-/m0/s1. The van der Waals surface area contributed by atoms with E-state index in [0.717, 1.165) is 30.5 Å². The van der Waals surface area contributed by atoms with E-state index in [1.807, 2.05) is 58.0 Å². The van der Waals surface area contributed by atoms with Gasteiger partial charge >= 0.3 is 12.2 Å². The molecule has 6 rings (SSSR count). The number of aromatic nitrogens is 5. The summed E-state index contributed by atoms with van der Waals surface area (Å²) in [4.78, 5) is 83.7. The van der Waals surface area contributed by atoms with Crippen LogP contribution in [0.15, 0.2) is 59.8 Å². The van der Waals surface area contributed by atoms with Crippen molar-refractivity contribution in [2.24, 2.45) is 11.8 Å². The maximum Gasteiger partial charge on any atom is 0.407 e. The van der Waals surface area contributed by atoms with Crippen LogP contribution in [0.5, 0.6) is 0 Å². The summed E-state index contributed by atoms with van der Waals surface area (Å²) in [5.41, 5.74) is 3.39. The predicted molar refractivity (Wildman–Crippen MR) is 203 cm³/mol. The number of nitrogens with one attached hydrogen (secondary N) is 4. The SMILES string of the molecule is COC(=O)NC(C(=O)N1CCC[C@H]1c1ncc(-c2ccc(-n3ccc(-c4cnc([C@@H]5CCCN5C(=O)[C@@H](NC(=O)OC)C(C)C)[nH]4)cc3=O)cc2)[nH]1)C(C)C. The second-order valence-corrected chi connectivity index (χ2v) is 14.6. The number of alkyl carbamates (subject to hydrolysis) is 2. The van der Waals surface area contributed by atoms with Gasteiger partial charge < -0.3 is 39.9 Å². The minimum Gasteiger partial charge on any atom is -0.453 e. The van der Waals surface area contributed by atoms with E-state index >= 15 is 0 Å². The predicted octanol–water partition coefficient (Wildman–Crippen LogP) is 4.71. The Labute approximate surface area is 319 Å². The maximum absolute atomic E-state index is 13.5. The number of aromatic amines is 2. The van der Waals surface area contributed by atoms with Crippen molar-refractivity contribution in [2.45, 2.75) is 77.5 Å². The van der Waals surface area contributed by atoms with E-state index in [0.29, 0.717) is 48.1 Å². The van der Waals surface area contributed by atoms with Crippen molar-refractivity contribution in [3.8, 4) is 28.2 Å². The number of imidazole rings is 2. The first-order valence-electron chi connectivity index (χ1n) is 18.6. The van der Waals surface area contributed by atoms with E-state index in [9.17, 15) is 24.0 Å². The van der Waals surface area contributed by atoms with Crippen LogP contribution < -0.4 is 16.2 Å². The Morgan fingerprint density at radius 3 is 1.64 bits per heavy atom. The monoisotopic (exact) mass is 755 g/mol. The Morgan fingerprint density at radius 1 is 0.727 bits per heavy atom. The molecule has 0 saturated carbocycles. The van der Waals surface area contributed by atoms with E-state index < -0.39 is 24.3 Å². The second-order valence-electron chi connectivity index (χ2n) is 14.6. The lowest BCUT2D eigenvalue weighted by molar-refractivity contribution is -0.136. The quantitative estimate of drug-likeness (QED) is 0.168. The molecule has 4 atom stereocenters. The molecule has 292 valence electrons. The smallest absolute Gasteiger partial charge is 0.407 e. The lowest BCUT2D eigenvalue weighted by Crippen LogP contribution is -2.51. The Kier molecular flexibility index (Phi) is 11.7. The molecule has 55 heavy (non-hydrogen) atoms. The highest BCUT2D eigenvalue weighted by Gasteiger charge is 2.39. The summed E-state index contributed by atoms with van der Waals surface area (Å²) >= 11 is 0. The number of pyridine rings is 1. The molecule has 2 fully saturated rings. The van der Waals surface area contributed by atoms with E-state index in [4.69, 9.17) is 9.47 Å². The zero-order chi connectivity index (χ0) is 39.4. The number of rotatable bonds is 11. The van der Waals surface area contributed by atoms with Gasteiger partial charge in [0.2, 0.25) is 11.8 Å². The number of carbonyl (C=O) groups is 4. The summed E-state index contributed by atoms with van der Waals surface area (Å²) in [5, 5.41) is 5.33. The topological polar surface area (TPSA) is 197 Å². The molecule has 0 aliphatic carbocycles. The van der Waals surface area contributed by atoms with Crippen molar-refractivity contribution in [1.29, 1.82) is 0 Å². The number of hydrogen-bond acceptors (Lipinski definition) is 9. The summed E-state index contributed by atoms with van der Waals surface area (Å²) in [6.45, 7) is 8.60. The van der Waals surface area contributed by atoms with Gasteiger partial charge in [-0.1, -0.05) is 39.8 Å². The van der Waals surface area contributed by atoms with E-state index in [1.165, 1.54) is 20.3 Å². The minimum atomic E-state index is -0.733. The lowest BCUT2D eigenvalue weighted by atomic mass is 10.0. The number of H-pyrrole nitrogens is 2. The van der Waals surface area contributed by atoms with Gasteiger partial charge in [0, 0.05) is 36.6 Å². The molecular weight excluding hydrogens is 706 g/mol. The van der Waals surface area contributed by atoms with Crippen molar-refractivity contribution >= 4 is 24.0 Å². The first-order valence-corrected chi connectivity index (χ1v) is 18.6. The van der Waals surface area contributed by atoms with Gasteiger partial charge in [0.25, 0.3) is 5.56 Å². The molecule has 3 aromatic heterocycles. The molecule has 4 N–H and O–H groups in total. The van der Waals surface area contributed by atoms with Gasteiger partial charge in [0.05, 0.1) is 50.1 Å². The number of nitrogens with zero attached hydrogens (tertiary/aromatic N) is 5. The molecule has 16 heteroatoms. The summed E-state index contributed by atoms with van der Waals surface area (Å²) in [6.07, 6.45) is 6.88. The van der Waals surface area contributed by atoms with Crippen LogP contribution in [0.25, 0.3) is 28.2 Å². The molecule has 1 aromatic carbocycles. The summed E-state index contributed by atoms with van der Waals surface area (Å²) in [6, 6.07) is 8.89. The van der Waals surface area contributed by atoms with Crippen LogP contribution in [0.3, 0.4) is 0 Å². The number of likely N-dealkylation sites (tertiary alicyclic amines) is 2. The Morgan fingerprint density at radius 2 is 1.20 bits per heavy atom. The van der Waals surface area contributed by atoms with Crippen LogP contribution in [0, 0.1) is 11.8 Å². The van der Waals surface area contributed by atoms with Gasteiger partial charge in [-0.05, 0) is 61.3 Å². The molecule has 16 nitrogen and oxygen atoms in total. The number of ether oxygens (including phenoxy) is 2. The normalized spacial score (nSPS) is 18.0. The maximum atomic E-state index is 13.5. The van der Waals surface area contributed by atoms with Crippen molar-refractivity contribution in [3.63, 3.8) is 0 Å². The van der Waals surface area contributed by atoms with Crippen molar-refractivity contribution in [3.05, 3.63) is 77.0 Å². The van der Waals surface area contributed by atoms with Crippen LogP contribution in [0.4, 0.5) is 9.59 Å². The molecule has 0 bridgehead atoms. The number of carbonyl (C=O) groups excluding carboxylic acids is 4. The van der Waals surface area contributed by atoms with Crippen LogP contribution in [-0.4, -0.2) is 97.7 Å². The number of benzene rings is 1. The van der Waals surface area contributed by atoms with Crippen LogP contribution in [0.2, 0.25) is 0 Å². The van der Waals surface area contributed by atoms with Crippen LogP contribution in [0.1, 0.15) is 77.1 Å². The van der Waals surface area contributed by atoms with Crippen molar-refractivity contribution in [1.82, 2.24) is 44.9 Å². The Bertz CT molecular complexity index is 2070. The second kappa shape index (κ2) is 16.6. The lowest BCUT2D eigenvalue weighted by Gasteiger charge is -2.30. The van der Waals surface area contributed by atoms with Gasteiger partial charge in [0.1, 0.15) is 23.7 Å². The summed E-state index contributed by atoms with van der Waals surface area (Å²) in [7, 11) is 2.54. The highest BCUT2D eigenvalue weighted by molar-refractivity contribution is 5.87. The van der Waals surface area contributed by atoms with Gasteiger partial charge in [-0.25, -0.2) is 19.6 Å². The average Bonchev–Trinajstić information content (AvgIpc) is 4.02. The van der Waals surface area contributed by atoms with Crippen LogP contribution >= 0.6 is 0 Å². The molecule has 2 aliphatic rings. The molecule has 1 unspecified atom stereocenters. The largest absolute Gasteiger partial charge is 0.453 e. The molecular formula is C39H49N9O7. The van der Waals surface area contributed by atoms with Crippen LogP contribution in [-0.2, 0) is 19.1 Å². The fourth-order valence-electron chi connectivity index (χ4n) is 7.35. The molecule has 0 spiro atoms. The first kappa shape index (κ1) is 38.8. The number of amides is 4. The Hall–Kier alpha value is -5.93.